The highest BCUT2D eigenvalue weighted by atomic mass is 32.2. The number of aromatic nitrogens is 1. The average Bonchev–Trinajstić information content (AvgIpc) is 2.83. The van der Waals surface area contributed by atoms with Crippen LogP contribution in [0, 0.1) is 5.82 Å². The summed E-state index contributed by atoms with van der Waals surface area (Å²) in [5, 5.41) is -0.819. The summed E-state index contributed by atoms with van der Waals surface area (Å²) in [6, 6.07) is 6.37. The molecule has 1 aromatic heterocycles. The maximum Gasteiger partial charge on any atom is 0.270 e. The first-order valence-corrected chi connectivity index (χ1v) is 9.13. The number of nitrogens with one attached hydrogen (secondary N) is 1. The van der Waals surface area contributed by atoms with E-state index in [0.29, 0.717) is 5.01 Å². The van der Waals surface area contributed by atoms with E-state index in [-0.39, 0.29) is 16.9 Å². The van der Waals surface area contributed by atoms with Gasteiger partial charge >= 0.3 is 0 Å². The molecule has 1 aliphatic rings. The van der Waals surface area contributed by atoms with Crippen LogP contribution in [0.3, 0.4) is 0 Å². The second kappa shape index (κ2) is 6.71. The number of pyridine rings is 1. The number of hydrogen-bond acceptors (Lipinski definition) is 6. The fourth-order valence-corrected chi connectivity index (χ4v) is 4.30. The Morgan fingerprint density at radius 2 is 2.00 bits per heavy atom. The highest BCUT2D eigenvalue weighted by Gasteiger charge is 2.46. The number of nitrogens with zero attached hydrogens (tertiary/aromatic N) is 2. The molecule has 1 atom stereocenters. The van der Waals surface area contributed by atoms with Crippen molar-refractivity contribution in [2.45, 2.75) is 5.37 Å². The number of amides is 2. The summed E-state index contributed by atoms with van der Waals surface area (Å²) < 4.78 is 43.6. The van der Waals surface area contributed by atoms with Crippen LogP contribution in [-0.4, -0.2) is 43.1 Å². The van der Waals surface area contributed by atoms with Gasteiger partial charge in [0.05, 0.1) is 7.11 Å². The monoisotopic (exact) mass is 379 g/mol. The topological polar surface area (TPSA) is 106 Å². The van der Waals surface area contributed by atoms with E-state index < -0.39 is 38.6 Å². The van der Waals surface area contributed by atoms with Gasteiger partial charge in [0.2, 0.25) is 0 Å². The number of hydrogen-bond donors (Lipinski definition) is 1. The van der Waals surface area contributed by atoms with Crippen LogP contribution < -0.4 is 10.2 Å². The number of halogens is 1. The van der Waals surface area contributed by atoms with Crippen LogP contribution in [0.15, 0.2) is 42.7 Å². The summed E-state index contributed by atoms with van der Waals surface area (Å²) in [6.07, 6.45) is 2.77. The predicted octanol–water partition coefficient (Wildman–Crippen LogP) is 0.830. The molecule has 0 bridgehead atoms. The maximum absolute atomic E-state index is 14.0. The summed E-state index contributed by atoms with van der Waals surface area (Å²) in [5.41, 5.74) is 2.48. The maximum atomic E-state index is 14.0. The van der Waals surface area contributed by atoms with Crippen molar-refractivity contribution in [3.05, 3.63) is 59.7 Å². The van der Waals surface area contributed by atoms with Crippen LogP contribution in [0.2, 0.25) is 0 Å². The summed E-state index contributed by atoms with van der Waals surface area (Å²) in [4.78, 5) is 28.2. The van der Waals surface area contributed by atoms with E-state index in [1.165, 1.54) is 43.8 Å². The van der Waals surface area contributed by atoms with Crippen molar-refractivity contribution in [1.82, 2.24) is 15.4 Å². The molecule has 2 heterocycles. The summed E-state index contributed by atoms with van der Waals surface area (Å²) >= 11 is 0. The molecular formula is C16H14FN3O5S. The van der Waals surface area contributed by atoms with Gasteiger partial charge in [0.1, 0.15) is 5.75 Å². The van der Waals surface area contributed by atoms with Crippen LogP contribution in [0.25, 0.3) is 0 Å². The Labute approximate surface area is 148 Å². The van der Waals surface area contributed by atoms with E-state index >= 15 is 0 Å². The summed E-state index contributed by atoms with van der Waals surface area (Å²) in [5.74, 6) is -3.13. The second-order valence-corrected chi connectivity index (χ2v) is 7.56. The molecule has 136 valence electrons. The highest BCUT2D eigenvalue weighted by Crippen LogP contribution is 2.34. The Kier molecular flexibility index (Phi) is 4.60. The zero-order valence-corrected chi connectivity index (χ0v) is 14.4. The molecule has 8 nitrogen and oxygen atoms in total. The number of methoxy groups -OCH3 is 1. The average molecular weight is 379 g/mol. The van der Waals surface area contributed by atoms with Gasteiger partial charge in [-0.2, -0.15) is 0 Å². The predicted molar refractivity (Wildman–Crippen MR) is 88.0 cm³/mol. The van der Waals surface area contributed by atoms with E-state index in [9.17, 15) is 22.4 Å². The minimum Gasteiger partial charge on any atom is -0.494 e. The zero-order valence-electron chi connectivity index (χ0n) is 13.5. The van der Waals surface area contributed by atoms with Crippen molar-refractivity contribution in [3.8, 4) is 5.75 Å². The van der Waals surface area contributed by atoms with Crippen molar-refractivity contribution in [1.29, 1.82) is 0 Å². The number of sulfone groups is 1. The SMILES string of the molecule is COc1ccc([C@@H]2N(NC(=O)c3ccncc3)C(=O)CS2(=O)=O)cc1F. The number of benzene rings is 1. The fourth-order valence-electron chi connectivity index (χ4n) is 2.60. The molecule has 26 heavy (non-hydrogen) atoms. The fraction of sp³-hybridized carbons (Fsp3) is 0.188. The Hall–Kier alpha value is -3.01. The third-order valence-electron chi connectivity index (χ3n) is 3.79. The van der Waals surface area contributed by atoms with Crippen molar-refractivity contribution >= 4 is 21.7 Å². The molecule has 3 rings (SSSR count). The van der Waals surface area contributed by atoms with Gasteiger partial charge in [-0.25, -0.2) is 17.8 Å². The Morgan fingerprint density at radius 1 is 1.31 bits per heavy atom. The van der Waals surface area contributed by atoms with E-state index in [2.05, 4.69) is 10.4 Å². The smallest absolute Gasteiger partial charge is 0.270 e. The number of carbonyl (C=O) groups excluding carboxylic acids is 2. The second-order valence-electron chi connectivity index (χ2n) is 5.49. The quantitative estimate of drug-likeness (QED) is 0.844. The molecule has 2 amide bonds. The largest absolute Gasteiger partial charge is 0.494 e. The van der Waals surface area contributed by atoms with Crippen molar-refractivity contribution < 1.29 is 27.1 Å². The van der Waals surface area contributed by atoms with Gasteiger partial charge in [0.25, 0.3) is 11.8 Å². The van der Waals surface area contributed by atoms with E-state index in [4.69, 9.17) is 4.74 Å². The Balaban J connectivity index is 1.96. The third-order valence-corrected chi connectivity index (χ3v) is 5.61. The molecule has 0 saturated carbocycles. The highest BCUT2D eigenvalue weighted by molar-refractivity contribution is 7.92. The van der Waals surface area contributed by atoms with Gasteiger partial charge in [0, 0.05) is 18.0 Å². The van der Waals surface area contributed by atoms with Crippen LogP contribution in [-0.2, 0) is 14.6 Å². The Morgan fingerprint density at radius 3 is 2.62 bits per heavy atom. The van der Waals surface area contributed by atoms with Gasteiger partial charge in [0.15, 0.2) is 26.8 Å². The van der Waals surface area contributed by atoms with Crippen molar-refractivity contribution in [3.63, 3.8) is 0 Å². The van der Waals surface area contributed by atoms with Gasteiger partial charge in [-0.05, 0) is 29.8 Å². The molecule has 2 aromatic rings. The first-order chi connectivity index (χ1) is 12.3. The summed E-state index contributed by atoms with van der Waals surface area (Å²) in [7, 11) is -2.69. The molecule has 0 aliphatic carbocycles. The Bertz CT molecular complexity index is 965. The van der Waals surface area contributed by atoms with Crippen LogP contribution in [0.1, 0.15) is 21.3 Å². The molecular weight excluding hydrogens is 365 g/mol. The molecule has 1 saturated heterocycles. The normalized spacial score (nSPS) is 18.6. The van der Waals surface area contributed by atoms with E-state index in [0.717, 1.165) is 6.07 Å². The lowest BCUT2D eigenvalue weighted by Gasteiger charge is -2.24. The van der Waals surface area contributed by atoms with Gasteiger partial charge in [-0.3, -0.25) is 20.0 Å². The minimum atomic E-state index is -3.96. The lowest BCUT2D eigenvalue weighted by molar-refractivity contribution is -0.130. The van der Waals surface area contributed by atoms with Crippen LogP contribution in [0.4, 0.5) is 4.39 Å². The first-order valence-electron chi connectivity index (χ1n) is 7.41. The van der Waals surface area contributed by atoms with Gasteiger partial charge in [-0.1, -0.05) is 6.07 Å². The standard InChI is InChI=1S/C16H14FN3O5S/c1-25-13-3-2-11(8-12(13)17)16-20(14(21)9-26(16,23)24)19-15(22)10-4-6-18-7-5-10/h2-8,16H,9H2,1H3,(H,19,22)/t16-/m1/s1. The van der Waals surface area contributed by atoms with Crippen molar-refractivity contribution in [2.75, 3.05) is 12.9 Å². The van der Waals surface area contributed by atoms with Gasteiger partial charge < -0.3 is 4.74 Å². The molecule has 0 spiro atoms. The molecule has 1 aromatic carbocycles. The third kappa shape index (κ3) is 3.23. The number of rotatable bonds is 4. The lowest BCUT2D eigenvalue weighted by atomic mass is 10.2. The number of ether oxygens (including phenoxy) is 1. The molecule has 0 unspecified atom stereocenters. The number of hydrazine groups is 1. The van der Waals surface area contributed by atoms with E-state index in [1.807, 2.05) is 0 Å². The molecule has 1 fully saturated rings. The molecule has 0 radical (unpaired) electrons. The first kappa shape index (κ1) is 17.8. The van der Waals surface area contributed by atoms with Crippen molar-refractivity contribution in [2.24, 2.45) is 0 Å². The number of carbonyl (C=O) groups is 2. The minimum absolute atomic E-state index is 0.00387. The van der Waals surface area contributed by atoms with Gasteiger partial charge in [-0.15, -0.1) is 0 Å². The lowest BCUT2D eigenvalue weighted by Crippen LogP contribution is -2.45. The van der Waals surface area contributed by atoms with E-state index in [1.54, 1.807) is 0 Å². The zero-order chi connectivity index (χ0) is 18.9. The molecule has 1 N–H and O–H groups in total. The molecule has 1 aliphatic heterocycles. The van der Waals surface area contributed by atoms with Crippen LogP contribution >= 0.6 is 0 Å². The summed E-state index contributed by atoms with van der Waals surface area (Å²) in [6.45, 7) is 0. The van der Waals surface area contributed by atoms with Crippen LogP contribution in [0.5, 0.6) is 5.75 Å². The molecule has 10 heteroatoms.